The summed E-state index contributed by atoms with van der Waals surface area (Å²) in [7, 11) is 0. The summed E-state index contributed by atoms with van der Waals surface area (Å²) in [4.78, 5) is 27.1. The first-order valence-corrected chi connectivity index (χ1v) is 13.1. The largest absolute Gasteiger partial charge is 0.322 e. The van der Waals surface area contributed by atoms with Gasteiger partial charge in [0.2, 0.25) is 5.91 Å². The third-order valence-electron chi connectivity index (χ3n) is 6.90. The SMILES string of the molecule is O=C(NN=Cc1ccc2c3c(cccc13)CC2)c1ccc(C2SCC(=O)N2Cc2ccccc2)cc1. The van der Waals surface area contributed by atoms with Crippen molar-refractivity contribution >= 4 is 40.6 Å². The first-order chi connectivity index (χ1) is 17.7. The summed E-state index contributed by atoms with van der Waals surface area (Å²) in [5, 5.41) is 6.68. The average Bonchev–Trinajstić information content (AvgIpc) is 3.50. The van der Waals surface area contributed by atoms with Crippen LogP contribution >= 0.6 is 11.8 Å². The summed E-state index contributed by atoms with van der Waals surface area (Å²) in [5.41, 5.74) is 9.05. The number of hydrogen-bond acceptors (Lipinski definition) is 4. The van der Waals surface area contributed by atoms with Crippen molar-refractivity contribution in [2.24, 2.45) is 5.10 Å². The second-order valence-electron chi connectivity index (χ2n) is 9.15. The molecule has 4 aromatic rings. The minimum absolute atomic E-state index is 0.0587. The van der Waals surface area contributed by atoms with Crippen LogP contribution in [0.15, 0.2) is 90.0 Å². The zero-order valence-electron chi connectivity index (χ0n) is 19.7. The van der Waals surface area contributed by atoms with E-state index in [4.69, 9.17) is 0 Å². The van der Waals surface area contributed by atoms with Crippen molar-refractivity contribution < 1.29 is 9.59 Å². The molecule has 5 nitrogen and oxygen atoms in total. The summed E-state index contributed by atoms with van der Waals surface area (Å²) in [5.74, 6) is 0.332. The lowest BCUT2D eigenvalue weighted by atomic mass is 10.0. The lowest BCUT2D eigenvalue weighted by molar-refractivity contribution is -0.128. The monoisotopic (exact) mass is 491 g/mol. The van der Waals surface area contributed by atoms with Gasteiger partial charge in [-0.2, -0.15) is 5.10 Å². The number of thioether (sulfide) groups is 1. The minimum atomic E-state index is -0.264. The Morgan fingerprint density at radius 1 is 0.944 bits per heavy atom. The average molecular weight is 492 g/mol. The van der Waals surface area contributed by atoms with E-state index in [1.807, 2.05) is 47.4 Å². The highest BCUT2D eigenvalue weighted by Crippen LogP contribution is 2.39. The van der Waals surface area contributed by atoms with E-state index in [-0.39, 0.29) is 17.2 Å². The molecule has 36 heavy (non-hydrogen) atoms. The van der Waals surface area contributed by atoms with Crippen molar-refractivity contribution in [1.29, 1.82) is 0 Å². The Morgan fingerprint density at radius 3 is 2.53 bits per heavy atom. The van der Waals surface area contributed by atoms with Crippen molar-refractivity contribution in [3.63, 3.8) is 0 Å². The van der Waals surface area contributed by atoms with Gasteiger partial charge < -0.3 is 4.90 Å². The first-order valence-electron chi connectivity index (χ1n) is 12.1. The van der Waals surface area contributed by atoms with Gasteiger partial charge in [-0.25, -0.2) is 5.43 Å². The van der Waals surface area contributed by atoms with Gasteiger partial charge >= 0.3 is 0 Å². The molecule has 6 heteroatoms. The molecule has 178 valence electrons. The van der Waals surface area contributed by atoms with E-state index in [0.717, 1.165) is 29.5 Å². The fourth-order valence-electron chi connectivity index (χ4n) is 5.09. The van der Waals surface area contributed by atoms with E-state index in [1.54, 1.807) is 30.1 Å². The van der Waals surface area contributed by atoms with E-state index in [1.165, 1.54) is 21.9 Å². The molecule has 1 unspecified atom stereocenters. The summed E-state index contributed by atoms with van der Waals surface area (Å²) in [6.07, 6.45) is 3.88. The van der Waals surface area contributed by atoms with Crippen molar-refractivity contribution in [2.75, 3.05) is 5.75 Å². The molecular formula is C30H25N3O2S. The molecule has 2 aliphatic rings. The van der Waals surface area contributed by atoms with Gasteiger partial charge in [-0.3, -0.25) is 9.59 Å². The zero-order chi connectivity index (χ0) is 24.5. The molecule has 1 saturated heterocycles. The lowest BCUT2D eigenvalue weighted by Crippen LogP contribution is -2.27. The molecule has 0 radical (unpaired) electrons. The van der Waals surface area contributed by atoms with E-state index < -0.39 is 0 Å². The topological polar surface area (TPSA) is 61.8 Å². The first kappa shape index (κ1) is 22.6. The maximum atomic E-state index is 12.7. The fraction of sp³-hybridized carbons (Fsp3) is 0.167. The molecule has 1 atom stereocenters. The van der Waals surface area contributed by atoms with Crippen LogP contribution in [0.2, 0.25) is 0 Å². The normalized spacial score (nSPS) is 16.8. The highest BCUT2D eigenvalue weighted by atomic mass is 32.2. The highest BCUT2D eigenvalue weighted by Gasteiger charge is 2.32. The Hall–Kier alpha value is -3.90. The number of amides is 2. The number of rotatable bonds is 6. The number of hydrazone groups is 1. The molecule has 1 heterocycles. The molecule has 1 N–H and O–H groups in total. The molecule has 1 aliphatic carbocycles. The van der Waals surface area contributed by atoms with Crippen molar-refractivity contribution in [2.45, 2.75) is 24.8 Å². The molecule has 1 fully saturated rings. The Morgan fingerprint density at radius 2 is 1.72 bits per heavy atom. The maximum Gasteiger partial charge on any atom is 0.271 e. The van der Waals surface area contributed by atoms with Crippen LogP contribution in [-0.4, -0.2) is 28.7 Å². The van der Waals surface area contributed by atoms with Crippen LogP contribution in [0.3, 0.4) is 0 Å². The summed E-state index contributed by atoms with van der Waals surface area (Å²) < 4.78 is 0. The molecule has 0 bridgehead atoms. The second kappa shape index (κ2) is 9.63. The summed E-state index contributed by atoms with van der Waals surface area (Å²) >= 11 is 1.62. The Labute approximate surface area is 214 Å². The summed E-state index contributed by atoms with van der Waals surface area (Å²) in [6, 6.07) is 28.1. The van der Waals surface area contributed by atoms with Crippen LogP contribution in [0.25, 0.3) is 10.8 Å². The van der Waals surface area contributed by atoms with Crippen LogP contribution in [-0.2, 0) is 24.2 Å². The second-order valence-corrected chi connectivity index (χ2v) is 10.2. The fourth-order valence-corrected chi connectivity index (χ4v) is 6.28. The van der Waals surface area contributed by atoms with E-state index in [0.29, 0.717) is 17.9 Å². The third-order valence-corrected chi connectivity index (χ3v) is 8.16. The molecule has 0 saturated carbocycles. The number of carbonyl (C=O) groups is 2. The molecule has 0 aromatic heterocycles. The standard InChI is InChI=1S/C30H25N3O2S/c34-27-19-36-30(33(27)18-20-5-2-1-3-6-20)24-14-12-23(13-15-24)29(35)32-31-17-25-16-11-22-10-9-21-7-4-8-26(25)28(21)22/h1-8,11-17,30H,9-10,18-19H2,(H,32,35). The van der Waals surface area contributed by atoms with Gasteiger partial charge in [0.25, 0.3) is 5.91 Å². The van der Waals surface area contributed by atoms with Crippen LogP contribution < -0.4 is 5.43 Å². The number of carbonyl (C=O) groups excluding carboxylic acids is 2. The lowest BCUT2D eigenvalue weighted by Gasteiger charge is -2.24. The van der Waals surface area contributed by atoms with Gasteiger partial charge in [-0.05, 0) is 58.0 Å². The van der Waals surface area contributed by atoms with Crippen LogP contribution in [0, 0.1) is 0 Å². The van der Waals surface area contributed by atoms with Gasteiger partial charge in [-0.15, -0.1) is 11.8 Å². The van der Waals surface area contributed by atoms with Crippen LogP contribution in [0.1, 0.15) is 43.5 Å². The van der Waals surface area contributed by atoms with Gasteiger partial charge in [0.1, 0.15) is 5.37 Å². The Bertz CT molecular complexity index is 1470. The molecule has 1 aliphatic heterocycles. The van der Waals surface area contributed by atoms with Gasteiger partial charge in [0.05, 0.1) is 12.0 Å². The number of aryl methyl sites for hydroxylation is 2. The Balaban J connectivity index is 1.14. The van der Waals surface area contributed by atoms with Gasteiger partial charge in [0, 0.05) is 17.7 Å². The smallest absolute Gasteiger partial charge is 0.271 e. The van der Waals surface area contributed by atoms with Gasteiger partial charge in [0.15, 0.2) is 0 Å². The number of nitrogens with one attached hydrogen (secondary N) is 1. The quantitative estimate of drug-likeness (QED) is 0.287. The highest BCUT2D eigenvalue weighted by molar-refractivity contribution is 8.00. The van der Waals surface area contributed by atoms with E-state index in [2.05, 4.69) is 40.9 Å². The molecule has 6 rings (SSSR count). The van der Waals surface area contributed by atoms with Crippen molar-refractivity contribution in [3.8, 4) is 0 Å². The number of benzene rings is 4. The van der Waals surface area contributed by atoms with Crippen molar-refractivity contribution in [1.82, 2.24) is 10.3 Å². The van der Waals surface area contributed by atoms with E-state index >= 15 is 0 Å². The third kappa shape index (κ3) is 4.29. The Kier molecular flexibility index (Phi) is 6.03. The number of hydrogen-bond donors (Lipinski definition) is 1. The van der Waals surface area contributed by atoms with Crippen molar-refractivity contribution in [3.05, 3.63) is 118 Å². The molecule has 2 amide bonds. The predicted molar refractivity (Wildman–Crippen MR) is 145 cm³/mol. The molecular weight excluding hydrogens is 466 g/mol. The molecule has 4 aromatic carbocycles. The summed E-state index contributed by atoms with van der Waals surface area (Å²) in [6.45, 7) is 0.575. The van der Waals surface area contributed by atoms with E-state index in [9.17, 15) is 9.59 Å². The van der Waals surface area contributed by atoms with Crippen LogP contribution in [0.5, 0.6) is 0 Å². The maximum absolute atomic E-state index is 12.7. The molecule has 0 spiro atoms. The van der Waals surface area contributed by atoms with Gasteiger partial charge in [-0.1, -0.05) is 72.8 Å². The van der Waals surface area contributed by atoms with Crippen LogP contribution in [0.4, 0.5) is 0 Å². The minimum Gasteiger partial charge on any atom is -0.322 e. The predicted octanol–water partition coefficient (Wildman–Crippen LogP) is 5.48. The number of nitrogens with zero attached hydrogens (tertiary/aromatic N) is 2. The zero-order valence-corrected chi connectivity index (χ0v) is 20.5.